The number of hydrogen-bond donors (Lipinski definition) is 1. The van der Waals surface area contributed by atoms with Crippen LogP contribution < -0.4 is 5.32 Å². The van der Waals surface area contributed by atoms with E-state index >= 15 is 0 Å². The zero-order valence-electron chi connectivity index (χ0n) is 11.8. The van der Waals surface area contributed by atoms with Crippen molar-refractivity contribution in [3.8, 4) is 0 Å². The first-order chi connectivity index (χ1) is 9.52. The van der Waals surface area contributed by atoms with Gasteiger partial charge in [0.2, 0.25) is 0 Å². The van der Waals surface area contributed by atoms with Crippen LogP contribution in [0.4, 0.5) is 13.2 Å². The third-order valence-electron chi connectivity index (χ3n) is 4.21. The van der Waals surface area contributed by atoms with Crippen LogP contribution in [0.1, 0.15) is 50.6 Å². The second kappa shape index (κ2) is 6.61. The maximum Gasteiger partial charge on any atom is 0.393 e. The van der Waals surface area contributed by atoms with Crippen LogP contribution in [0.3, 0.4) is 0 Å². The Hall–Kier alpha value is -1.03. The summed E-state index contributed by atoms with van der Waals surface area (Å²) >= 11 is 0. The molecular formula is C16H22F3N. The summed E-state index contributed by atoms with van der Waals surface area (Å²) in [6.07, 6.45) is -0.849. The second-order valence-corrected chi connectivity index (χ2v) is 5.58. The summed E-state index contributed by atoms with van der Waals surface area (Å²) in [5, 5.41) is 3.26. The lowest BCUT2D eigenvalue weighted by Gasteiger charge is -2.36. The van der Waals surface area contributed by atoms with Crippen molar-refractivity contribution in [1.82, 2.24) is 5.32 Å². The molecule has 0 saturated heterocycles. The van der Waals surface area contributed by atoms with Crippen LogP contribution in [-0.4, -0.2) is 12.2 Å². The fraction of sp³-hybridized carbons (Fsp3) is 0.625. The summed E-state index contributed by atoms with van der Waals surface area (Å²) in [5.41, 5.74) is 1.07. The molecule has 0 aromatic heterocycles. The first-order valence-corrected chi connectivity index (χ1v) is 7.40. The number of hydrogen-bond acceptors (Lipinski definition) is 1. The van der Waals surface area contributed by atoms with Gasteiger partial charge in [-0.2, -0.15) is 13.2 Å². The summed E-state index contributed by atoms with van der Waals surface area (Å²) in [6.45, 7) is 2.01. The number of rotatable bonds is 4. The quantitative estimate of drug-likeness (QED) is 0.834. The maximum atomic E-state index is 13.1. The molecule has 20 heavy (non-hydrogen) atoms. The molecule has 3 unspecified atom stereocenters. The Kier molecular flexibility index (Phi) is 5.08. The van der Waals surface area contributed by atoms with Crippen LogP contribution in [0.2, 0.25) is 0 Å². The number of halogens is 3. The lowest BCUT2D eigenvalue weighted by Crippen LogP contribution is -2.46. The normalized spacial score (nSPS) is 25.4. The minimum Gasteiger partial charge on any atom is -0.307 e. The Morgan fingerprint density at radius 3 is 2.40 bits per heavy atom. The van der Waals surface area contributed by atoms with Crippen molar-refractivity contribution in [3.63, 3.8) is 0 Å². The van der Waals surface area contributed by atoms with Crippen LogP contribution in [-0.2, 0) is 0 Å². The molecule has 1 fully saturated rings. The molecule has 4 heteroatoms. The van der Waals surface area contributed by atoms with E-state index in [1.165, 1.54) is 0 Å². The standard InChI is InChI=1S/C16H22F3N/c1-2-14(12-8-4-3-5-9-12)20-15-11-7-6-10-13(15)16(17,18)19/h3-5,8-9,13-15,20H,2,6-7,10-11H2,1H3. The Morgan fingerprint density at radius 1 is 1.15 bits per heavy atom. The Labute approximate surface area is 118 Å². The summed E-state index contributed by atoms with van der Waals surface area (Å²) < 4.78 is 39.3. The van der Waals surface area contributed by atoms with E-state index in [0.717, 1.165) is 18.4 Å². The van der Waals surface area contributed by atoms with Gasteiger partial charge in [-0.15, -0.1) is 0 Å². The first-order valence-electron chi connectivity index (χ1n) is 7.40. The van der Waals surface area contributed by atoms with E-state index < -0.39 is 18.1 Å². The zero-order chi connectivity index (χ0) is 14.6. The molecule has 0 heterocycles. The molecular weight excluding hydrogens is 263 g/mol. The molecule has 0 bridgehead atoms. The smallest absolute Gasteiger partial charge is 0.307 e. The molecule has 112 valence electrons. The van der Waals surface area contributed by atoms with Crippen LogP contribution in [0.25, 0.3) is 0 Å². The molecule has 0 amide bonds. The molecule has 1 aliphatic rings. The van der Waals surface area contributed by atoms with Gasteiger partial charge in [-0.3, -0.25) is 0 Å². The van der Waals surface area contributed by atoms with Crippen LogP contribution in [0.5, 0.6) is 0 Å². The molecule has 1 aromatic carbocycles. The van der Waals surface area contributed by atoms with Crippen molar-refractivity contribution in [2.45, 2.75) is 57.3 Å². The van der Waals surface area contributed by atoms with Gasteiger partial charge in [0.25, 0.3) is 0 Å². The Bertz CT molecular complexity index is 402. The van der Waals surface area contributed by atoms with Crippen molar-refractivity contribution >= 4 is 0 Å². The van der Waals surface area contributed by atoms with Crippen LogP contribution >= 0.6 is 0 Å². The predicted octanol–water partition coefficient (Wildman–Crippen LogP) is 4.85. The van der Waals surface area contributed by atoms with Crippen molar-refractivity contribution in [1.29, 1.82) is 0 Å². The lowest BCUT2D eigenvalue weighted by molar-refractivity contribution is -0.189. The van der Waals surface area contributed by atoms with E-state index in [1.807, 2.05) is 37.3 Å². The van der Waals surface area contributed by atoms with E-state index in [1.54, 1.807) is 0 Å². The van der Waals surface area contributed by atoms with Gasteiger partial charge in [-0.05, 0) is 24.8 Å². The van der Waals surface area contributed by atoms with Crippen LogP contribution in [0, 0.1) is 5.92 Å². The molecule has 1 aliphatic carbocycles. The Morgan fingerprint density at radius 2 is 1.80 bits per heavy atom. The summed E-state index contributed by atoms with van der Waals surface area (Å²) in [4.78, 5) is 0. The molecule has 1 nitrogen and oxygen atoms in total. The molecule has 0 aliphatic heterocycles. The van der Waals surface area contributed by atoms with E-state index in [0.29, 0.717) is 12.8 Å². The third-order valence-corrected chi connectivity index (χ3v) is 4.21. The highest BCUT2D eigenvalue weighted by Crippen LogP contribution is 2.38. The van der Waals surface area contributed by atoms with Crippen molar-refractivity contribution in [2.75, 3.05) is 0 Å². The number of benzene rings is 1. The average molecular weight is 285 g/mol. The molecule has 2 rings (SSSR count). The fourth-order valence-electron chi connectivity index (χ4n) is 3.12. The van der Waals surface area contributed by atoms with Crippen molar-refractivity contribution in [2.24, 2.45) is 5.92 Å². The van der Waals surface area contributed by atoms with Gasteiger partial charge in [0, 0.05) is 12.1 Å². The Balaban J connectivity index is 2.09. The second-order valence-electron chi connectivity index (χ2n) is 5.58. The monoisotopic (exact) mass is 285 g/mol. The highest BCUT2D eigenvalue weighted by atomic mass is 19.4. The summed E-state index contributed by atoms with van der Waals surface area (Å²) in [7, 11) is 0. The van der Waals surface area contributed by atoms with Gasteiger partial charge in [-0.1, -0.05) is 50.1 Å². The van der Waals surface area contributed by atoms with Gasteiger partial charge in [-0.25, -0.2) is 0 Å². The van der Waals surface area contributed by atoms with E-state index in [-0.39, 0.29) is 12.5 Å². The number of nitrogens with one attached hydrogen (secondary N) is 1. The lowest BCUT2D eigenvalue weighted by atomic mass is 9.83. The van der Waals surface area contributed by atoms with Crippen molar-refractivity contribution < 1.29 is 13.2 Å². The molecule has 1 aromatic rings. The minimum atomic E-state index is -4.09. The minimum absolute atomic E-state index is 0.00384. The van der Waals surface area contributed by atoms with Crippen LogP contribution in [0.15, 0.2) is 30.3 Å². The SMILES string of the molecule is CCC(NC1CCCCC1C(F)(F)F)c1ccccc1. The van der Waals surface area contributed by atoms with Gasteiger partial charge >= 0.3 is 6.18 Å². The average Bonchev–Trinajstić information content (AvgIpc) is 2.45. The molecule has 3 atom stereocenters. The fourth-order valence-corrected chi connectivity index (χ4v) is 3.12. The maximum absolute atomic E-state index is 13.1. The molecule has 1 N–H and O–H groups in total. The molecule has 0 radical (unpaired) electrons. The highest BCUT2D eigenvalue weighted by Gasteiger charge is 2.45. The summed E-state index contributed by atoms with van der Waals surface area (Å²) in [5.74, 6) is -1.20. The van der Waals surface area contributed by atoms with Gasteiger partial charge in [0.15, 0.2) is 0 Å². The largest absolute Gasteiger partial charge is 0.393 e. The molecule has 1 saturated carbocycles. The number of alkyl halides is 3. The van der Waals surface area contributed by atoms with E-state index in [9.17, 15) is 13.2 Å². The van der Waals surface area contributed by atoms with E-state index in [2.05, 4.69) is 5.32 Å². The summed E-state index contributed by atoms with van der Waals surface area (Å²) in [6, 6.07) is 9.30. The zero-order valence-corrected chi connectivity index (χ0v) is 11.8. The highest BCUT2D eigenvalue weighted by molar-refractivity contribution is 5.19. The predicted molar refractivity (Wildman–Crippen MR) is 74.4 cm³/mol. The van der Waals surface area contributed by atoms with Gasteiger partial charge < -0.3 is 5.32 Å². The van der Waals surface area contributed by atoms with E-state index in [4.69, 9.17) is 0 Å². The third kappa shape index (κ3) is 3.75. The van der Waals surface area contributed by atoms with Gasteiger partial charge in [0.1, 0.15) is 0 Å². The topological polar surface area (TPSA) is 12.0 Å². The van der Waals surface area contributed by atoms with Crippen molar-refractivity contribution in [3.05, 3.63) is 35.9 Å². The molecule has 0 spiro atoms. The van der Waals surface area contributed by atoms with Gasteiger partial charge in [0.05, 0.1) is 5.92 Å². The first kappa shape index (κ1) is 15.4.